The molecule has 0 aliphatic carbocycles. The van der Waals surface area contributed by atoms with Gasteiger partial charge in [0.1, 0.15) is 0 Å². The van der Waals surface area contributed by atoms with E-state index in [0.717, 1.165) is 16.6 Å². The van der Waals surface area contributed by atoms with Gasteiger partial charge in [0.15, 0.2) is 5.69 Å². The molecule has 0 spiro atoms. The monoisotopic (exact) mass is 329 g/mol. The fourth-order valence-corrected chi connectivity index (χ4v) is 2.60. The predicted molar refractivity (Wildman–Crippen MR) is 95.8 cm³/mol. The maximum absolute atomic E-state index is 12.6. The van der Waals surface area contributed by atoms with Crippen LogP contribution in [0.3, 0.4) is 0 Å². The summed E-state index contributed by atoms with van der Waals surface area (Å²) < 4.78 is 0. The number of nitrogens with one attached hydrogen (secondary N) is 1. The van der Waals surface area contributed by atoms with Gasteiger partial charge in [-0.25, -0.2) is 0 Å². The van der Waals surface area contributed by atoms with Crippen LogP contribution in [0, 0.1) is 6.92 Å². The molecule has 0 aliphatic heterocycles. The third-order valence-corrected chi connectivity index (χ3v) is 3.83. The van der Waals surface area contributed by atoms with Crippen molar-refractivity contribution in [2.75, 3.05) is 5.32 Å². The van der Waals surface area contributed by atoms with E-state index < -0.39 is 0 Å². The van der Waals surface area contributed by atoms with E-state index in [1.807, 2.05) is 60.7 Å². The Labute approximate surface area is 144 Å². The lowest BCUT2D eigenvalue weighted by molar-refractivity contribution is 0.102. The predicted octanol–water partition coefficient (Wildman–Crippen LogP) is 3.38. The number of carbonyl (C=O) groups is 1. The van der Waals surface area contributed by atoms with Gasteiger partial charge in [-0.1, -0.05) is 36.4 Å². The van der Waals surface area contributed by atoms with Crippen molar-refractivity contribution in [2.24, 2.45) is 0 Å². The Hall–Kier alpha value is -3.54. The molecule has 1 amide bonds. The van der Waals surface area contributed by atoms with Crippen LogP contribution in [0.25, 0.3) is 16.6 Å². The molecule has 2 aromatic heterocycles. The largest absolute Gasteiger partial charge is 0.319 e. The number of nitrogens with zero attached hydrogens (tertiary/aromatic N) is 4. The second-order valence-corrected chi connectivity index (χ2v) is 5.63. The van der Waals surface area contributed by atoms with Crippen molar-refractivity contribution < 1.29 is 4.79 Å². The van der Waals surface area contributed by atoms with Crippen molar-refractivity contribution in [3.05, 3.63) is 78.2 Å². The van der Waals surface area contributed by atoms with Crippen molar-refractivity contribution in [3.8, 4) is 5.69 Å². The van der Waals surface area contributed by atoms with Gasteiger partial charge in [0.2, 0.25) is 0 Å². The van der Waals surface area contributed by atoms with Gasteiger partial charge in [-0.15, -0.1) is 5.10 Å². The number of amides is 1. The van der Waals surface area contributed by atoms with E-state index in [-0.39, 0.29) is 11.6 Å². The number of carbonyl (C=O) groups excluding carboxylic acids is 1. The average molecular weight is 329 g/mol. The number of pyridine rings is 1. The Balaban J connectivity index is 1.61. The molecule has 25 heavy (non-hydrogen) atoms. The van der Waals surface area contributed by atoms with Crippen LogP contribution in [0.5, 0.6) is 0 Å². The summed E-state index contributed by atoms with van der Waals surface area (Å²) in [7, 11) is 0. The van der Waals surface area contributed by atoms with Crippen LogP contribution in [0.1, 0.15) is 16.2 Å². The van der Waals surface area contributed by atoms with Crippen LogP contribution in [0.4, 0.5) is 5.69 Å². The van der Waals surface area contributed by atoms with E-state index in [2.05, 4.69) is 20.5 Å². The van der Waals surface area contributed by atoms with Crippen molar-refractivity contribution in [3.63, 3.8) is 0 Å². The Morgan fingerprint density at radius 2 is 1.76 bits per heavy atom. The minimum Gasteiger partial charge on any atom is -0.319 e. The highest BCUT2D eigenvalue weighted by Crippen LogP contribution is 2.17. The van der Waals surface area contributed by atoms with E-state index in [1.54, 1.807) is 13.1 Å². The van der Waals surface area contributed by atoms with Crippen LogP contribution < -0.4 is 5.32 Å². The topological polar surface area (TPSA) is 72.7 Å². The molecule has 1 N–H and O–H groups in total. The zero-order valence-corrected chi connectivity index (χ0v) is 13.5. The highest BCUT2D eigenvalue weighted by atomic mass is 16.2. The van der Waals surface area contributed by atoms with Gasteiger partial charge < -0.3 is 5.32 Å². The number of para-hydroxylation sites is 2. The van der Waals surface area contributed by atoms with Gasteiger partial charge in [-0.2, -0.15) is 9.90 Å². The highest BCUT2D eigenvalue weighted by molar-refractivity contribution is 6.04. The second-order valence-electron chi connectivity index (χ2n) is 5.63. The first-order valence-electron chi connectivity index (χ1n) is 7.86. The molecule has 4 aromatic rings. The fourth-order valence-electron chi connectivity index (χ4n) is 2.60. The molecular weight excluding hydrogens is 314 g/mol. The summed E-state index contributed by atoms with van der Waals surface area (Å²) in [4.78, 5) is 18.4. The maximum Gasteiger partial charge on any atom is 0.278 e. The molecular formula is C19H15N5O. The third kappa shape index (κ3) is 2.97. The molecule has 0 saturated carbocycles. The summed E-state index contributed by atoms with van der Waals surface area (Å²) in [6.07, 6.45) is 1.64. The number of anilines is 1. The van der Waals surface area contributed by atoms with E-state index >= 15 is 0 Å². The van der Waals surface area contributed by atoms with Crippen LogP contribution in [-0.2, 0) is 0 Å². The van der Waals surface area contributed by atoms with E-state index in [1.165, 1.54) is 4.80 Å². The molecule has 0 atom stereocenters. The van der Waals surface area contributed by atoms with Gasteiger partial charge in [-0.3, -0.25) is 9.78 Å². The average Bonchev–Trinajstić information content (AvgIpc) is 3.04. The fraction of sp³-hybridized carbons (Fsp3) is 0.0526. The van der Waals surface area contributed by atoms with Crippen LogP contribution in [0.2, 0.25) is 0 Å². The number of aromatic nitrogens is 4. The summed E-state index contributed by atoms with van der Waals surface area (Å²) in [5.74, 6) is -0.309. The maximum atomic E-state index is 12.6. The van der Waals surface area contributed by atoms with E-state index in [0.29, 0.717) is 11.4 Å². The number of rotatable bonds is 3. The molecule has 2 aromatic carbocycles. The standard InChI is InChI=1S/C19H15N5O/c1-13-18(23-24(22-13)16-8-3-2-4-9-16)19(25)21-15-11-14-7-5-6-10-17(14)20-12-15/h2-12H,1H3,(H,21,25). The van der Waals surface area contributed by atoms with Gasteiger partial charge in [0.25, 0.3) is 5.91 Å². The van der Waals surface area contributed by atoms with Crippen molar-refractivity contribution in [2.45, 2.75) is 6.92 Å². The number of fused-ring (bicyclic) bond motifs is 1. The number of hydrogen-bond donors (Lipinski definition) is 1. The molecule has 6 nitrogen and oxygen atoms in total. The highest BCUT2D eigenvalue weighted by Gasteiger charge is 2.16. The molecule has 0 unspecified atom stereocenters. The van der Waals surface area contributed by atoms with Crippen LogP contribution in [-0.4, -0.2) is 25.9 Å². The summed E-state index contributed by atoms with van der Waals surface area (Å²) >= 11 is 0. The SMILES string of the molecule is Cc1nn(-c2ccccc2)nc1C(=O)Nc1cnc2ccccc2c1. The first-order chi connectivity index (χ1) is 12.2. The van der Waals surface area contributed by atoms with Crippen molar-refractivity contribution >= 4 is 22.5 Å². The molecule has 6 heteroatoms. The van der Waals surface area contributed by atoms with Gasteiger partial charge in [0.05, 0.1) is 28.8 Å². The molecule has 0 aliphatic rings. The van der Waals surface area contributed by atoms with Gasteiger partial charge in [0, 0.05) is 5.39 Å². The van der Waals surface area contributed by atoms with E-state index in [9.17, 15) is 4.79 Å². The molecule has 0 radical (unpaired) electrons. The second kappa shape index (κ2) is 6.16. The first-order valence-corrected chi connectivity index (χ1v) is 7.86. The molecule has 0 saturated heterocycles. The lowest BCUT2D eigenvalue weighted by atomic mass is 10.2. The van der Waals surface area contributed by atoms with E-state index in [4.69, 9.17) is 0 Å². The molecule has 122 valence electrons. The Morgan fingerprint density at radius 3 is 2.60 bits per heavy atom. The molecule has 2 heterocycles. The lowest BCUT2D eigenvalue weighted by Gasteiger charge is -2.04. The van der Waals surface area contributed by atoms with Crippen LogP contribution in [0.15, 0.2) is 66.9 Å². The van der Waals surface area contributed by atoms with Crippen molar-refractivity contribution in [1.29, 1.82) is 0 Å². The van der Waals surface area contributed by atoms with Gasteiger partial charge >= 0.3 is 0 Å². The minimum atomic E-state index is -0.309. The number of aryl methyl sites for hydroxylation is 1. The van der Waals surface area contributed by atoms with Crippen molar-refractivity contribution in [1.82, 2.24) is 20.0 Å². The summed E-state index contributed by atoms with van der Waals surface area (Å²) in [5.41, 5.74) is 3.16. The zero-order valence-electron chi connectivity index (χ0n) is 13.5. The molecule has 4 rings (SSSR count). The Bertz CT molecular complexity index is 1060. The third-order valence-electron chi connectivity index (χ3n) is 3.83. The normalized spacial score (nSPS) is 10.8. The first kappa shape index (κ1) is 15.0. The number of hydrogen-bond acceptors (Lipinski definition) is 4. The Morgan fingerprint density at radius 1 is 1.00 bits per heavy atom. The molecule has 0 bridgehead atoms. The minimum absolute atomic E-state index is 0.289. The smallest absolute Gasteiger partial charge is 0.278 e. The zero-order chi connectivity index (χ0) is 17.2. The van der Waals surface area contributed by atoms with Crippen LogP contribution >= 0.6 is 0 Å². The summed E-state index contributed by atoms with van der Waals surface area (Å²) in [6, 6.07) is 19.1. The van der Waals surface area contributed by atoms with Gasteiger partial charge in [-0.05, 0) is 31.2 Å². The summed E-state index contributed by atoms with van der Waals surface area (Å²) in [5, 5.41) is 12.4. The quantitative estimate of drug-likeness (QED) is 0.625. The Kier molecular flexibility index (Phi) is 3.70. The number of benzene rings is 2. The lowest BCUT2D eigenvalue weighted by Crippen LogP contribution is -2.14. The molecule has 0 fully saturated rings. The summed E-state index contributed by atoms with van der Waals surface area (Å²) in [6.45, 7) is 1.76.